The molecule has 30 heavy (non-hydrogen) atoms. The molecule has 0 aliphatic rings. The maximum Gasteiger partial charge on any atom is 0.244 e. The second-order valence-corrected chi connectivity index (χ2v) is 11.2. The molecule has 2 rings (SSSR count). The summed E-state index contributed by atoms with van der Waals surface area (Å²) in [6, 6.07) is 9.85. The van der Waals surface area contributed by atoms with E-state index in [1.54, 1.807) is 12.1 Å². The Hall–Kier alpha value is -1.95. The maximum atomic E-state index is 13.9. The molecule has 1 unspecified atom stereocenters. The number of hydrogen-bond acceptors (Lipinski definition) is 6. The molecule has 2 aromatic carbocycles. The lowest BCUT2D eigenvalue weighted by Crippen LogP contribution is -2.46. The number of hydrogen-bond donors (Lipinski definition) is 2. The van der Waals surface area contributed by atoms with Gasteiger partial charge < -0.3 is 5.32 Å². The number of thioether (sulfide) groups is 1. The third kappa shape index (κ3) is 6.79. The fraction of sp³-hybridized carbons (Fsp3) is 0.316. The average molecular weight is 475 g/mol. The molecule has 1 amide bonds. The van der Waals surface area contributed by atoms with Crippen LogP contribution in [0.2, 0.25) is 0 Å². The fourth-order valence-electron chi connectivity index (χ4n) is 2.56. The van der Waals surface area contributed by atoms with Gasteiger partial charge in [-0.25, -0.2) is 21.2 Å². The van der Waals surface area contributed by atoms with E-state index >= 15 is 0 Å². The van der Waals surface area contributed by atoms with Gasteiger partial charge in [0.25, 0.3) is 0 Å². The van der Waals surface area contributed by atoms with Crippen LogP contribution < -0.4 is 10.0 Å². The Morgan fingerprint density at radius 2 is 1.70 bits per heavy atom. The number of nitrogens with one attached hydrogen (secondary N) is 2. The zero-order valence-corrected chi connectivity index (χ0v) is 18.9. The standard InChI is InChI=1S/C19H23FN2O5S3/c1-28-12-11-17(22-30(26,27)18-6-4-3-5-16(18)20)19(23)21-13-14-7-9-15(10-8-14)29(2,24)25/h3-10,17,22H,11-13H2,1-2H3,(H,21,23). The van der Waals surface area contributed by atoms with Gasteiger partial charge in [0.15, 0.2) is 9.84 Å². The summed E-state index contributed by atoms with van der Waals surface area (Å²) in [7, 11) is -7.55. The summed E-state index contributed by atoms with van der Waals surface area (Å²) >= 11 is 1.44. The quantitative estimate of drug-likeness (QED) is 0.545. The van der Waals surface area contributed by atoms with Crippen LogP contribution in [0, 0.1) is 5.82 Å². The Morgan fingerprint density at radius 1 is 1.07 bits per heavy atom. The number of halogens is 1. The number of rotatable bonds is 10. The van der Waals surface area contributed by atoms with E-state index in [-0.39, 0.29) is 17.9 Å². The SMILES string of the molecule is CSCCC(NS(=O)(=O)c1ccccc1F)C(=O)NCc1ccc(S(C)(=O)=O)cc1. The largest absolute Gasteiger partial charge is 0.351 e. The van der Waals surface area contributed by atoms with E-state index in [1.165, 1.54) is 36.0 Å². The summed E-state index contributed by atoms with van der Waals surface area (Å²) < 4.78 is 64.3. The molecule has 0 aliphatic heterocycles. The molecule has 164 valence electrons. The minimum Gasteiger partial charge on any atom is -0.351 e. The highest BCUT2D eigenvalue weighted by atomic mass is 32.2. The van der Waals surface area contributed by atoms with Crippen molar-refractivity contribution in [3.05, 3.63) is 59.9 Å². The lowest BCUT2D eigenvalue weighted by Gasteiger charge is -2.18. The molecular weight excluding hydrogens is 451 g/mol. The molecule has 7 nitrogen and oxygen atoms in total. The van der Waals surface area contributed by atoms with E-state index in [0.29, 0.717) is 11.3 Å². The second kappa shape index (κ2) is 10.4. The number of benzene rings is 2. The van der Waals surface area contributed by atoms with Gasteiger partial charge in [0.1, 0.15) is 16.8 Å². The highest BCUT2D eigenvalue weighted by Crippen LogP contribution is 2.15. The lowest BCUT2D eigenvalue weighted by atomic mass is 10.2. The van der Waals surface area contributed by atoms with Crippen LogP contribution in [0.15, 0.2) is 58.3 Å². The van der Waals surface area contributed by atoms with Gasteiger partial charge in [0.2, 0.25) is 15.9 Å². The minimum atomic E-state index is -4.23. The number of amides is 1. The lowest BCUT2D eigenvalue weighted by molar-refractivity contribution is -0.122. The van der Waals surface area contributed by atoms with Crippen molar-refractivity contribution in [2.45, 2.75) is 28.8 Å². The van der Waals surface area contributed by atoms with Gasteiger partial charge in [0, 0.05) is 12.8 Å². The molecule has 2 N–H and O–H groups in total. The normalized spacial score (nSPS) is 13.0. The summed E-state index contributed by atoms with van der Waals surface area (Å²) in [5.74, 6) is -0.947. The first-order valence-electron chi connectivity index (χ1n) is 8.87. The van der Waals surface area contributed by atoms with Crippen molar-refractivity contribution in [1.82, 2.24) is 10.0 Å². The van der Waals surface area contributed by atoms with Crippen molar-refractivity contribution in [3.63, 3.8) is 0 Å². The molecule has 0 aliphatic carbocycles. The highest BCUT2D eigenvalue weighted by molar-refractivity contribution is 7.98. The van der Waals surface area contributed by atoms with Crippen LogP contribution in [-0.4, -0.2) is 47.0 Å². The summed E-state index contributed by atoms with van der Waals surface area (Å²) in [5, 5.41) is 2.64. The monoisotopic (exact) mass is 474 g/mol. The molecule has 0 heterocycles. The van der Waals surface area contributed by atoms with Crippen LogP contribution in [0.1, 0.15) is 12.0 Å². The molecule has 0 aromatic heterocycles. The van der Waals surface area contributed by atoms with E-state index in [2.05, 4.69) is 10.0 Å². The zero-order chi connectivity index (χ0) is 22.4. The van der Waals surface area contributed by atoms with Crippen molar-refractivity contribution in [3.8, 4) is 0 Å². The van der Waals surface area contributed by atoms with Gasteiger partial charge in [-0.05, 0) is 48.3 Å². The van der Waals surface area contributed by atoms with Crippen LogP contribution >= 0.6 is 11.8 Å². The van der Waals surface area contributed by atoms with Gasteiger partial charge >= 0.3 is 0 Å². The van der Waals surface area contributed by atoms with Crippen LogP contribution in [0.3, 0.4) is 0 Å². The van der Waals surface area contributed by atoms with E-state index in [9.17, 15) is 26.0 Å². The van der Waals surface area contributed by atoms with E-state index in [1.807, 2.05) is 6.26 Å². The van der Waals surface area contributed by atoms with Crippen LogP contribution in [0.25, 0.3) is 0 Å². The Labute approximate surface area is 180 Å². The third-order valence-corrected chi connectivity index (χ3v) is 7.45. The van der Waals surface area contributed by atoms with Crippen molar-refractivity contribution < 1.29 is 26.0 Å². The smallest absolute Gasteiger partial charge is 0.244 e. The number of sulfonamides is 1. The zero-order valence-electron chi connectivity index (χ0n) is 16.5. The summed E-state index contributed by atoms with van der Waals surface area (Å²) in [6.45, 7) is 0.0834. The fourth-order valence-corrected chi connectivity index (χ4v) is 4.97. The van der Waals surface area contributed by atoms with Crippen molar-refractivity contribution in [2.75, 3.05) is 18.3 Å². The van der Waals surface area contributed by atoms with Crippen LogP contribution in [0.5, 0.6) is 0 Å². The maximum absolute atomic E-state index is 13.9. The Balaban J connectivity index is 2.10. The summed E-state index contributed by atoms with van der Waals surface area (Å²) in [4.78, 5) is 12.2. The van der Waals surface area contributed by atoms with Crippen molar-refractivity contribution in [2.24, 2.45) is 0 Å². The molecule has 0 radical (unpaired) electrons. The molecular formula is C19H23FN2O5S3. The minimum absolute atomic E-state index is 0.0834. The predicted octanol–water partition coefficient (Wildman–Crippen LogP) is 1.95. The van der Waals surface area contributed by atoms with Crippen LogP contribution in [0.4, 0.5) is 4.39 Å². The van der Waals surface area contributed by atoms with Crippen LogP contribution in [-0.2, 0) is 31.2 Å². The van der Waals surface area contributed by atoms with E-state index in [4.69, 9.17) is 0 Å². The van der Waals surface area contributed by atoms with Gasteiger partial charge in [-0.1, -0.05) is 24.3 Å². The number of carbonyl (C=O) groups excluding carboxylic acids is 1. The number of carbonyl (C=O) groups is 1. The van der Waals surface area contributed by atoms with E-state index in [0.717, 1.165) is 18.4 Å². The molecule has 0 bridgehead atoms. The summed E-state index contributed by atoms with van der Waals surface area (Å²) in [5.41, 5.74) is 0.649. The first kappa shape index (κ1) is 24.3. The Bertz CT molecular complexity index is 1090. The Kier molecular flexibility index (Phi) is 8.42. The van der Waals surface area contributed by atoms with Gasteiger partial charge in [-0.2, -0.15) is 16.5 Å². The average Bonchev–Trinajstić information content (AvgIpc) is 2.69. The first-order chi connectivity index (χ1) is 14.0. The molecule has 0 saturated heterocycles. The second-order valence-electron chi connectivity index (χ2n) is 6.52. The molecule has 11 heteroatoms. The van der Waals surface area contributed by atoms with Crippen molar-refractivity contribution in [1.29, 1.82) is 0 Å². The third-order valence-electron chi connectivity index (χ3n) is 4.17. The highest BCUT2D eigenvalue weighted by Gasteiger charge is 2.27. The first-order valence-corrected chi connectivity index (χ1v) is 13.6. The van der Waals surface area contributed by atoms with Crippen molar-refractivity contribution >= 4 is 37.5 Å². The van der Waals surface area contributed by atoms with Gasteiger partial charge in [-0.15, -0.1) is 0 Å². The molecule has 0 fully saturated rings. The Morgan fingerprint density at radius 3 is 2.27 bits per heavy atom. The van der Waals surface area contributed by atoms with Gasteiger partial charge in [-0.3, -0.25) is 4.79 Å². The molecule has 2 aromatic rings. The number of sulfone groups is 1. The topological polar surface area (TPSA) is 109 Å². The molecule has 0 spiro atoms. The summed E-state index contributed by atoms with van der Waals surface area (Å²) in [6.07, 6.45) is 3.14. The van der Waals surface area contributed by atoms with E-state index < -0.39 is 42.5 Å². The molecule has 0 saturated carbocycles. The molecule has 1 atom stereocenters. The van der Waals surface area contributed by atoms with Gasteiger partial charge in [0.05, 0.1) is 4.90 Å². The predicted molar refractivity (Wildman–Crippen MR) is 115 cm³/mol.